The lowest BCUT2D eigenvalue weighted by Crippen LogP contribution is -2.14. The molecule has 0 radical (unpaired) electrons. The van der Waals surface area contributed by atoms with Crippen LogP contribution in [0.15, 0.2) is 48.0 Å². The number of nitriles is 1. The second-order valence-corrected chi connectivity index (χ2v) is 6.01. The molecule has 2 rings (SSSR count). The normalized spacial score (nSPS) is 10.8. The van der Waals surface area contributed by atoms with Gasteiger partial charge in [-0.05, 0) is 48.4 Å². The molecule has 6 nitrogen and oxygen atoms in total. The minimum Gasteiger partial charge on any atom is -0.493 e. The van der Waals surface area contributed by atoms with Crippen molar-refractivity contribution in [2.24, 2.45) is 0 Å². The Labute approximate surface area is 161 Å². The number of ether oxygens (including phenoxy) is 1. The summed E-state index contributed by atoms with van der Waals surface area (Å²) in [6.45, 7) is 1.80. The summed E-state index contributed by atoms with van der Waals surface area (Å²) >= 11 is 6.04. The van der Waals surface area contributed by atoms with E-state index in [9.17, 15) is 14.9 Å². The van der Waals surface area contributed by atoms with Gasteiger partial charge >= 0.3 is 5.97 Å². The Kier molecular flexibility index (Phi) is 6.98. The highest BCUT2D eigenvalue weighted by atomic mass is 35.5. The molecule has 0 unspecified atom stereocenters. The second kappa shape index (κ2) is 9.41. The van der Waals surface area contributed by atoms with Gasteiger partial charge in [-0.25, -0.2) is 0 Å². The zero-order valence-corrected chi connectivity index (χ0v) is 15.3. The summed E-state index contributed by atoms with van der Waals surface area (Å²) in [7, 11) is 0. The van der Waals surface area contributed by atoms with Crippen LogP contribution in [0.3, 0.4) is 0 Å². The largest absolute Gasteiger partial charge is 0.493 e. The molecule has 0 aromatic heterocycles. The number of halogens is 1. The van der Waals surface area contributed by atoms with E-state index < -0.39 is 11.9 Å². The highest BCUT2D eigenvalue weighted by molar-refractivity contribution is 6.31. The van der Waals surface area contributed by atoms with Crippen molar-refractivity contribution >= 4 is 35.2 Å². The quantitative estimate of drug-likeness (QED) is 0.554. The fraction of sp³-hybridized carbons (Fsp3) is 0.150. The molecule has 0 fully saturated rings. The lowest BCUT2D eigenvalue weighted by Gasteiger charge is -2.09. The Morgan fingerprint density at radius 2 is 2.04 bits per heavy atom. The second-order valence-electron chi connectivity index (χ2n) is 5.60. The molecule has 0 atom stereocenters. The predicted molar refractivity (Wildman–Crippen MR) is 103 cm³/mol. The molecular formula is C20H17ClN2O4. The predicted octanol–water partition coefficient (Wildman–Crippen LogP) is 4.05. The topological polar surface area (TPSA) is 99.4 Å². The zero-order valence-electron chi connectivity index (χ0n) is 14.5. The molecule has 138 valence electrons. The van der Waals surface area contributed by atoms with Gasteiger partial charge in [-0.2, -0.15) is 5.26 Å². The highest BCUT2D eigenvalue weighted by Gasteiger charge is 2.12. The third kappa shape index (κ3) is 5.87. The number of benzene rings is 2. The van der Waals surface area contributed by atoms with Crippen LogP contribution < -0.4 is 10.1 Å². The van der Waals surface area contributed by atoms with Gasteiger partial charge in [0.15, 0.2) is 0 Å². The van der Waals surface area contributed by atoms with Gasteiger partial charge in [0.25, 0.3) is 5.91 Å². The van der Waals surface area contributed by atoms with E-state index in [0.29, 0.717) is 27.6 Å². The average molecular weight is 385 g/mol. The van der Waals surface area contributed by atoms with Gasteiger partial charge in [0, 0.05) is 10.7 Å². The number of hydrogen-bond acceptors (Lipinski definition) is 4. The van der Waals surface area contributed by atoms with Gasteiger partial charge in [0.2, 0.25) is 0 Å². The van der Waals surface area contributed by atoms with Crippen LogP contribution in [0.2, 0.25) is 5.02 Å². The van der Waals surface area contributed by atoms with Crippen molar-refractivity contribution in [3.8, 4) is 11.8 Å². The number of carboxylic acid groups (broad SMARTS) is 1. The van der Waals surface area contributed by atoms with Gasteiger partial charge in [-0.1, -0.05) is 29.8 Å². The molecule has 0 aliphatic carbocycles. The molecule has 27 heavy (non-hydrogen) atoms. The number of anilines is 1. The van der Waals surface area contributed by atoms with E-state index >= 15 is 0 Å². The monoisotopic (exact) mass is 384 g/mol. The number of carbonyl (C=O) groups excluding carboxylic acids is 1. The molecule has 0 saturated heterocycles. The first kappa shape index (κ1) is 20.0. The Morgan fingerprint density at radius 1 is 1.30 bits per heavy atom. The number of hydrogen-bond donors (Lipinski definition) is 2. The van der Waals surface area contributed by atoms with E-state index in [1.807, 2.05) is 6.07 Å². The van der Waals surface area contributed by atoms with Crippen molar-refractivity contribution in [1.29, 1.82) is 5.26 Å². The Bertz CT molecular complexity index is 932. The molecule has 0 aliphatic heterocycles. The summed E-state index contributed by atoms with van der Waals surface area (Å²) < 4.78 is 5.35. The summed E-state index contributed by atoms with van der Waals surface area (Å²) in [6.07, 6.45) is 1.31. The molecule has 0 aliphatic rings. The molecule has 0 heterocycles. The first-order chi connectivity index (χ1) is 12.9. The number of aliphatic carboxylic acids is 1. The molecule has 2 N–H and O–H groups in total. The lowest BCUT2D eigenvalue weighted by atomic mass is 10.1. The molecule has 0 spiro atoms. The number of amides is 1. The maximum Gasteiger partial charge on any atom is 0.306 e. The number of nitrogens with zero attached hydrogens (tertiary/aromatic N) is 1. The van der Waals surface area contributed by atoms with Crippen LogP contribution in [0, 0.1) is 18.3 Å². The third-order valence-corrected chi connectivity index (χ3v) is 4.04. The summed E-state index contributed by atoms with van der Waals surface area (Å²) in [5, 5.41) is 21.2. The van der Waals surface area contributed by atoms with E-state index in [1.54, 1.807) is 49.4 Å². The molecule has 1 amide bonds. The number of carboxylic acids is 1. The van der Waals surface area contributed by atoms with Crippen LogP contribution in [-0.2, 0) is 9.59 Å². The molecular weight excluding hydrogens is 368 g/mol. The zero-order chi connectivity index (χ0) is 19.8. The van der Waals surface area contributed by atoms with Crippen LogP contribution in [0.4, 0.5) is 5.69 Å². The fourth-order valence-electron chi connectivity index (χ4n) is 2.20. The summed E-state index contributed by atoms with van der Waals surface area (Å²) in [5.74, 6) is -1.06. The molecule has 7 heteroatoms. The van der Waals surface area contributed by atoms with E-state index in [1.165, 1.54) is 6.08 Å². The van der Waals surface area contributed by atoms with Crippen LogP contribution in [-0.4, -0.2) is 23.6 Å². The first-order valence-corrected chi connectivity index (χ1v) is 8.41. The first-order valence-electron chi connectivity index (χ1n) is 8.03. The van der Waals surface area contributed by atoms with Crippen molar-refractivity contribution in [3.63, 3.8) is 0 Å². The van der Waals surface area contributed by atoms with Gasteiger partial charge in [0.05, 0.1) is 13.0 Å². The standard InChI is InChI=1S/C20H17ClN2O4/c1-13-17(21)6-3-7-18(13)23-20(26)15(12-22)10-14-4-2-5-16(11-14)27-9-8-19(24)25/h2-7,10-11H,8-9H2,1H3,(H,23,26)(H,24,25). The van der Waals surface area contributed by atoms with E-state index in [4.69, 9.17) is 21.4 Å². The SMILES string of the molecule is Cc1c(Cl)cccc1NC(=O)C(C#N)=Cc1cccc(OCCC(=O)O)c1. The minimum absolute atomic E-state index is 0.0299. The van der Waals surface area contributed by atoms with Gasteiger partial charge < -0.3 is 15.2 Å². The number of nitrogens with one attached hydrogen (secondary N) is 1. The maximum absolute atomic E-state index is 12.4. The van der Waals surface area contributed by atoms with Crippen LogP contribution in [0.5, 0.6) is 5.75 Å². The van der Waals surface area contributed by atoms with Crippen molar-refractivity contribution in [3.05, 3.63) is 64.2 Å². The minimum atomic E-state index is -0.953. The van der Waals surface area contributed by atoms with Crippen molar-refractivity contribution < 1.29 is 19.4 Å². The summed E-state index contributed by atoms with van der Waals surface area (Å²) in [5.41, 5.74) is 1.73. The summed E-state index contributed by atoms with van der Waals surface area (Å²) in [4.78, 5) is 22.9. The van der Waals surface area contributed by atoms with Crippen LogP contribution in [0.25, 0.3) is 6.08 Å². The Morgan fingerprint density at radius 3 is 2.74 bits per heavy atom. The Hall–Kier alpha value is -3.30. The highest BCUT2D eigenvalue weighted by Crippen LogP contribution is 2.23. The molecule has 2 aromatic carbocycles. The van der Waals surface area contributed by atoms with Crippen LogP contribution >= 0.6 is 11.6 Å². The van der Waals surface area contributed by atoms with Gasteiger partial charge in [-0.15, -0.1) is 0 Å². The maximum atomic E-state index is 12.4. The van der Waals surface area contributed by atoms with Crippen molar-refractivity contribution in [2.75, 3.05) is 11.9 Å². The molecule has 0 bridgehead atoms. The smallest absolute Gasteiger partial charge is 0.306 e. The van der Waals surface area contributed by atoms with Gasteiger partial charge in [0.1, 0.15) is 17.4 Å². The van der Waals surface area contributed by atoms with Crippen molar-refractivity contribution in [1.82, 2.24) is 0 Å². The number of rotatable bonds is 7. The van der Waals surface area contributed by atoms with Crippen molar-refractivity contribution in [2.45, 2.75) is 13.3 Å². The summed E-state index contributed by atoms with van der Waals surface area (Å²) in [6, 6.07) is 13.7. The Balaban J connectivity index is 2.15. The molecule has 0 saturated carbocycles. The fourth-order valence-corrected chi connectivity index (χ4v) is 2.37. The molecule has 2 aromatic rings. The van der Waals surface area contributed by atoms with E-state index in [2.05, 4.69) is 5.32 Å². The van der Waals surface area contributed by atoms with Crippen LogP contribution in [0.1, 0.15) is 17.5 Å². The average Bonchev–Trinajstić information content (AvgIpc) is 2.63. The van der Waals surface area contributed by atoms with Gasteiger partial charge in [-0.3, -0.25) is 9.59 Å². The van der Waals surface area contributed by atoms with E-state index in [0.717, 1.165) is 0 Å². The number of carbonyl (C=O) groups is 2. The lowest BCUT2D eigenvalue weighted by molar-refractivity contribution is -0.137. The third-order valence-electron chi connectivity index (χ3n) is 3.63. The van der Waals surface area contributed by atoms with E-state index in [-0.39, 0.29) is 18.6 Å².